The lowest BCUT2D eigenvalue weighted by atomic mass is 9.95. The number of amides is 2. The van der Waals surface area contributed by atoms with E-state index < -0.39 is 6.04 Å². The van der Waals surface area contributed by atoms with Crippen molar-refractivity contribution in [1.82, 2.24) is 30.8 Å². The molecule has 0 bridgehead atoms. The Balaban J connectivity index is 1.45. The molecule has 136 valence electrons. The van der Waals surface area contributed by atoms with Crippen LogP contribution in [0.4, 0.5) is 5.69 Å². The van der Waals surface area contributed by atoms with Gasteiger partial charge in [0.25, 0.3) is 0 Å². The van der Waals surface area contributed by atoms with Crippen molar-refractivity contribution in [3.8, 4) is 0 Å². The molecule has 0 radical (unpaired) electrons. The Labute approximate surface area is 154 Å². The van der Waals surface area contributed by atoms with E-state index in [1.807, 2.05) is 26.0 Å². The third kappa shape index (κ3) is 2.70. The van der Waals surface area contributed by atoms with Crippen LogP contribution < -0.4 is 11.1 Å². The molecule has 4 N–H and O–H groups in total. The van der Waals surface area contributed by atoms with Gasteiger partial charge in [0.15, 0.2) is 5.82 Å². The Morgan fingerprint density at radius 2 is 2.12 bits per heavy atom. The first-order valence-corrected chi connectivity index (χ1v) is 9.12. The highest BCUT2D eigenvalue weighted by Gasteiger charge is 2.63. The van der Waals surface area contributed by atoms with Crippen LogP contribution in [0.3, 0.4) is 0 Å². The Morgan fingerprint density at radius 1 is 1.38 bits per heavy atom. The number of hydrogen-bond donors (Lipinski definition) is 3. The van der Waals surface area contributed by atoms with Gasteiger partial charge in [-0.3, -0.25) is 9.59 Å². The number of nitrogens with two attached hydrogens (primary N) is 1. The molecule has 1 aromatic carbocycles. The number of nitrogens with zero attached hydrogens (tertiary/aromatic N) is 4. The van der Waals surface area contributed by atoms with Crippen LogP contribution in [-0.2, 0) is 16.0 Å². The molecule has 0 aliphatic carbocycles. The van der Waals surface area contributed by atoms with Crippen LogP contribution in [0, 0.1) is 0 Å². The molecule has 0 saturated carbocycles. The number of thioether (sulfide) groups is 1. The Morgan fingerprint density at radius 3 is 2.77 bits per heavy atom. The van der Waals surface area contributed by atoms with Crippen molar-refractivity contribution in [3.05, 3.63) is 35.7 Å². The van der Waals surface area contributed by atoms with Crippen molar-refractivity contribution < 1.29 is 9.59 Å². The Kier molecular flexibility index (Phi) is 3.87. The quantitative estimate of drug-likeness (QED) is 0.517. The minimum Gasteiger partial charge on any atom is -0.399 e. The number of tetrazole rings is 1. The van der Waals surface area contributed by atoms with Gasteiger partial charge in [-0.15, -0.1) is 16.9 Å². The number of carbonyl (C=O) groups is 2. The summed E-state index contributed by atoms with van der Waals surface area (Å²) in [5, 5.41) is 16.7. The number of aromatic nitrogens is 4. The molecule has 2 saturated heterocycles. The lowest BCUT2D eigenvalue weighted by Crippen LogP contribution is -2.68. The van der Waals surface area contributed by atoms with Crippen molar-refractivity contribution in [3.63, 3.8) is 0 Å². The molecule has 2 amide bonds. The van der Waals surface area contributed by atoms with Crippen LogP contribution in [0.1, 0.15) is 31.3 Å². The number of nitrogens with one attached hydrogen (secondary N) is 2. The number of hydrogen-bond acceptors (Lipinski definition) is 7. The van der Waals surface area contributed by atoms with E-state index >= 15 is 0 Å². The zero-order valence-corrected chi connectivity index (χ0v) is 15.2. The fourth-order valence-corrected chi connectivity index (χ4v) is 5.15. The molecule has 10 heteroatoms. The SMILES string of the molecule is CC1(C)SC2C(NC(=O)Cc3ccc(N)cc3)C(=O)N2C1c1nnn[nH]1. The minimum absolute atomic E-state index is 0.111. The van der Waals surface area contributed by atoms with Crippen LogP contribution in [-0.4, -0.2) is 53.5 Å². The number of rotatable bonds is 4. The van der Waals surface area contributed by atoms with Crippen molar-refractivity contribution in [2.45, 2.75) is 42.5 Å². The lowest BCUT2D eigenvalue weighted by Gasteiger charge is -2.44. The van der Waals surface area contributed by atoms with Crippen molar-refractivity contribution in [2.24, 2.45) is 0 Å². The lowest BCUT2D eigenvalue weighted by molar-refractivity contribution is -0.151. The van der Waals surface area contributed by atoms with Gasteiger partial charge in [0, 0.05) is 10.4 Å². The average Bonchev–Trinajstić information content (AvgIpc) is 3.19. The van der Waals surface area contributed by atoms with E-state index in [4.69, 9.17) is 5.73 Å². The average molecular weight is 373 g/mol. The number of fused-ring (bicyclic) bond motifs is 1. The summed E-state index contributed by atoms with van der Waals surface area (Å²) >= 11 is 1.64. The van der Waals surface area contributed by atoms with Gasteiger partial charge in [-0.2, -0.15) is 0 Å². The monoisotopic (exact) mass is 373 g/mol. The number of anilines is 1. The summed E-state index contributed by atoms with van der Waals surface area (Å²) in [7, 11) is 0. The number of β-lactam (4-membered cyclic amide) rings is 1. The zero-order chi connectivity index (χ0) is 18.5. The van der Waals surface area contributed by atoms with E-state index in [0.717, 1.165) is 5.56 Å². The first kappa shape index (κ1) is 16.8. The van der Waals surface area contributed by atoms with Crippen molar-refractivity contribution >= 4 is 29.3 Å². The smallest absolute Gasteiger partial charge is 0.249 e. The maximum atomic E-state index is 12.7. The molecule has 9 nitrogen and oxygen atoms in total. The molecule has 2 fully saturated rings. The van der Waals surface area contributed by atoms with Crippen molar-refractivity contribution in [1.29, 1.82) is 0 Å². The normalized spacial score (nSPS) is 26.3. The van der Waals surface area contributed by atoms with Crippen LogP contribution in [0.2, 0.25) is 0 Å². The van der Waals surface area contributed by atoms with E-state index in [-0.39, 0.29) is 34.4 Å². The predicted octanol–water partition coefficient (Wildman–Crippen LogP) is 0.244. The van der Waals surface area contributed by atoms with Gasteiger partial charge in [0.05, 0.1) is 6.42 Å². The summed E-state index contributed by atoms with van der Waals surface area (Å²) < 4.78 is -0.266. The molecule has 3 unspecified atom stereocenters. The summed E-state index contributed by atoms with van der Waals surface area (Å²) in [6, 6.07) is 6.36. The van der Waals surface area contributed by atoms with E-state index in [0.29, 0.717) is 11.5 Å². The molecular weight excluding hydrogens is 354 g/mol. The van der Waals surface area contributed by atoms with Crippen LogP contribution in [0.15, 0.2) is 24.3 Å². The summed E-state index contributed by atoms with van der Waals surface area (Å²) in [4.78, 5) is 26.8. The van der Waals surface area contributed by atoms with E-state index in [1.165, 1.54) is 0 Å². The maximum Gasteiger partial charge on any atom is 0.249 e. The molecule has 2 aromatic rings. The molecule has 3 atom stereocenters. The second kappa shape index (κ2) is 5.97. The summed E-state index contributed by atoms with van der Waals surface area (Å²) in [5.74, 6) is 0.265. The number of nitrogen functional groups attached to an aromatic ring is 1. The van der Waals surface area contributed by atoms with Gasteiger partial charge in [-0.25, -0.2) is 5.10 Å². The zero-order valence-electron chi connectivity index (χ0n) is 14.3. The third-order valence-corrected chi connectivity index (χ3v) is 6.29. The fraction of sp³-hybridized carbons (Fsp3) is 0.438. The third-order valence-electron chi connectivity index (χ3n) is 4.72. The predicted molar refractivity (Wildman–Crippen MR) is 95.7 cm³/mol. The second-order valence-corrected chi connectivity index (χ2v) is 8.78. The topological polar surface area (TPSA) is 130 Å². The Bertz CT molecular complexity index is 837. The summed E-state index contributed by atoms with van der Waals surface area (Å²) in [5.41, 5.74) is 7.16. The number of aromatic amines is 1. The number of H-pyrrole nitrogens is 1. The van der Waals surface area contributed by atoms with Gasteiger partial charge in [0.2, 0.25) is 11.8 Å². The van der Waals surface area contributed by atoms with Gasteiger partial charge >= 0.3 is 0 Å². The van der Waals surface area contributed by atoms with Crippen LogP contribution in [0.25, 0.3) is 0 Å². The van der Waals surface area contributed by atoms with E-state index in [9.17, 15) is 9.59 Å². The van der Waals surface area contributed by atoms with Crippen molar-refractivity contribution in [2.75, 3.05) is 5.73 Å². The summed E-state index contributed by atoms with van der Waals surface area (Å²) in [6.07, 6.45) is 0.209. The highest BCUT2D eigenvalue weighted by atomic mass is 32.2. The van der Waals surface area contributed by atoms with E-state index in [1.54, 1.807) is 28.8 Å². The molecular formula is C16H19N7O2S. The van der Waals surface area contributed by atoms with Gasteiger partial charge in [-0.1, -0.05) is 12.1 Å². The fourth-order valence-electron chi connectivity index (χ4n) is 3.52. The molecule has 1 aromatic heterocycles. The van der Waals surface area contributed by atoms with Gasteiger partial charge < -0.3 is 16.0 Å². The first-order chi connectivity index (χ1) is 12.4. The first-order valence-electron chi connectivity index (χ1n) is 8.24. The van der Waals surface area contributed by atoms with Crippen LogP contribution >= 0.6 is 11.8 Å². The molecule has 0 spiro atoms. The molecule has 4 rings (SSSR count). The standard InChI is InChI=1S/C16H19N7O2S/c1-16(2)12(13-19-21-22-20-13)23-14(25)11(15(23)26-16)18-10(24)7-8-3-5-9(17)6-4-8/h3-6,11-12,15H,7,17H2,1-2H3,(H,18,24)(H,19,20,21,22). The van der Waals surface area contributed by atoms with E-state index in [2.05, 4.69) is 25.9 Å². The highest BCUT2D eigenvalue weighted by Crippen LogP contribution is 2.56. The molecule has 3 heterocycles. The second-order valence-electron chi connectivity index (χ2n) is 7.01. The summed E-state index contributed by atoms with van der Waals surface area (Å²) in [6.45, 7) is 4.09. The minimum atomic E-state index is -0.526. The number of carbonyl (C=O) groups excluding carboxylic acids is 2. The highest BCUT2D eigenvalue weighted by molar-refractivity contribution is 8.01. The van der Waals surface area contributed by atoms with Gasteiger partial charge in [-0.05, 0) is 42.0 Å². The Hall–Kier alpha value is -2.62. The largest absolute Gasteiger partial charge is 0.399 e. The van der Waals surface area contributed by atoms with Crippen LogP contribution in [0.5, 0.6) is 0 Å². The maximum absolute atomic E-state index is 12.7. The molecule has 2 aliphatic rings. The molecule has 26 heavy (non-hydrogen) atoms. The van der Waals surface area contributed by atoms with Gasteiger partial charge in [0.1, 0.15) is 17.5 Å². The molecule has 2 aliphatic heterocycles. The number of benzene rings is 1.